The molecule has 0 spiro atoms. The van der Waals surface area contributed by atoms with Crippen LogP contribution in [0.5, 0.6) is 0 Å². The zero-order valence-corrected chi connectivity index (χ0v) is 11.1. The average Bonchev–Trinajstić information content (AvgIpc) is 2.25. The Hall–Kier alpha value is -0.960. The number of esters is 1. The van der Waals surface area contributed by atoms with E-state index in [1.165, 1.54) is 17.6 Å². The van der Waals surface area contributed by atoms with E-state index in [1.54, 1.807) is 11.8 Å². The summed E-state index contributed by atoms with van der Waals surface area (Å²) in [5, 5.41) is 0. The second-order valence-corrected chi connectivity index (χ2v) is 5.53. The monoisotopic (exact) mass is 238 g/mol. The molecule has 0 radical (unpaired) electrons. The molecular weight excluding hydrogens is 220 g/mol. The molecule has 1 aromatic rings. The molecule has 1 aromatic carbocycles. The maximum atomic E-state index is 11.5. The number of ether oxygens (including phenoxy) is 1. The minimum Gasteiger partial charge on any atom is -0.469 e. The maximum absolute atomic E-state index is 11.5. The lowest BCUT2D eigenvalue weighted by Crippen LogP contribution is -2.28. The lowest BCUT2D eigenvalue weighted by atomic mass is 9.97. The first-order valence-corrected chi connectivity index (χ1v) is 6.22. The molecule has 0 aliphatic rings. The van der Waals surface area contributed by atoms with Crippen LogP contribution in [0.3, 0.4) is 0 Å². The van der Waals surface area contributed by atoms with Crippen LogP contribution in [-0.2, 0) is 9.53 Å². The van der Waals surface area contributed by atoms with E-state index in [9.17, 15) is 4.79 Å². The van der Waals surface area contributed by atoms with Gasteiger partial charge in [0.1, 0.15) is 0 Å². The van der Waals surface area contributed by atoms with Gasteiger partial charge in [0, 0.05) is 10.6 Å². The molecule has 0 unspecified atom stereocenters. The maximum Gasteiger partial charge on any atom is 0.312 e. The van der Waals surface area contributed by atoms with Crippen molar-refractivity contribution in [2.24, 2.45) is 5.41 Å². The molecule has 1 rings (SSSR count). The van der Waals surface area contributed by atoms with Gasteiger partial charge in [-0.1, -0.05) is 17.7 Å². The number of thioether (sulfide) groups is 1. The Morgan fingerprint density at radius 2 is 2.12 bits per heavy atom. The van der Waals surface area contributed by atoms with Crippen LogP contribution in [0.1, 0.15) is 19.4 Å². The third-order valence-corrected chi connectivity index (χ3v) is 3.78. The molecular formula is C13H18O2S. The van der Waals surface area contributed by atoms with Crippen molar-refractivity contribution in [3.63, 3.8) is 0 Å². The lowest BCUT2D eigenvalue weighted by Gasteiger charge is -2.20. The predicted octanol–water partition coefficient (Wildman–Crippen LogP) is 3.29. The standard InChI is InChI=1S/C13H18O2S/c1-10-6-5-7-11(8-10)16-9-13(2,3)12(14)15-4/h5-8H,9H2,1-4H3. The van der Waals surface area contributed by atoms with Gasteiger partial charge in [0.05, 0.1) is 12.5 Å². The van der Waals surface area contributed by atoms with Crippen molar-refractivity contribution in [3.8, 4) is 0 Å². The minimum atomic E-state index is -0.441. The number of rotatable bonds is 4. The van der Waals surface area contributed by atoms with Gasteiger partial charge < -0.3 is 4.74 Å². The van der Waals surface area contributed by atoms with Gasteiger partial charge in [0.25, 0.3) is 0 Å². The van der Waals surface area contributed by atoms with Crippen LogP contribution in [0.4, 0.5) is 0 Å². The molecule has 0 N–H and O–H groups in total. The molecule has 0 saturated heterocycles. The van der Waals surface area contributed by atoms with Crippen LogP contribution in [0.2, 0.25) is 0 Å². The van der Waals surface area contributed by atoms with Crippen molar-refractivity contribution >= 4 is 17.7 Å². The molecule has 0 atom stereocenters. The first-order chi connectivity index (χ1) is 7.45. The van der Waals surface area contributed by atoms with Crippen molar-refractivity contribution in [3.05, 3.63) is 29.8 Å². The second kappa shape index (κ2) is 5.39. The van der Waals surface area contributed by atoms with Gasteiger partial charge in [-0.25, -0.2) is 0 Å². The van der Waals surface area contributed by atoms with E-state index >= 15 is 0 Å². The third kappa shape index (κ3) is 3.56. The normalized spacial score (nSPS) is 11.2. The molecule has 0 aliphatic carbocycles. The number of carbonyl (C=O) groups excluding carboxylic acids is 1. The summed E-state index contributed by atoms with van der Waals surface area (Å²) in [7, 11) is 1.43. The van der Waals surface area contributed by atoms with E-state index in [-0.39, 0.29) is 5.97 Å². The minimum absolute atomic E-state index is 0.160. The van der Waals surface area contributed by atoms with Gasteiger partial charge >= 0.3 is 5.97 Å². The number of aryl methyl sites for hydroxylation is 1. The van der Waals surface area contributed by atoms with Crippen LogP contribution in [0.25, 0.3) is 0 Å². The highest BCUT2D eigenvalue weighted by Gasteiger charge is 2.28. The highest BCUT2D eigenvalue weighted by atomic mass is 32.2. The molecule has 2 nitrogen and oxygen atoms in total. The number of benzene rings is 1. The topological polar surface area (TPSA) is 26.3 Å². The summed E-state index contributed by atoms with van der Waals surface area (Å²) >= 11 is 1.68. The summed E-state index contributed by atoms with van der Waals surface area (Å²) in [6.07, 6.45) is 0. The zero-order chi connectivity index (χ0) is 12.2. The van der Waals surface area contributed by atoms with E-state index in [4.69, 9.17) is 4.74 Å². The van der Waals surface area contributed by atoms with Crippen molar-refractivity contribution in [1.82, 2.24) is 0 Å². The van der Waals surface area contributed by atoms with Crippen molar-refractivity contribution in [1.29, 1.82) is 0 Å². The Balaban J connectivity index is 2.61. The summed E-state index contributed by atoms with van der Waals surface area (Å²) < 4.78 is 4.77. The summed E-state index contributed by atoms with van der Waals surface area (Å²) in [6.45, 7) is 5.87. The molecule has 0 saturated carbocycles. The number of hydrogen-bond acceptors (Lipinski definition) is 3. The first kappa shape index (κ1) is 13.1. The van der Waals surface area contributed by atoms with Gasteiger partial charge in [-0.3, -0.25) is 4.79 Å². The molecule has 3 heteroatoms. The Labute approximate surface area is 101 Å². The SMILES string of the molecule is COC(=O)C(C)(C)CSc1cccc(C)c1. The van der Waals surface area contributed by atoms with E-state index in [0.29, 0.717) is 0 Å². The number of carbonyl (C=O) groups is 1. The molecule has 0 aliphatic heterocycles. The third-order valence-electron chi connectivity index (χ3n) is 2.33. The Bertz CT molecular complexity index is 372. The highest BCUT2D eigenvalue weighted by Crippen LogP contribution is 2.28. The van der Waals surface area contributed by atoms with Gasteiger partial charge in [-0.05, 0) is 32.9 Å². The molecule has 0 amide bonds. The quantitative estimate of drug-likeness (QED) is 0.595. The van der Waals surface area contributed by atoms with Crippen LogP contribution >= 0.6 is 11.8 Å². The molecule has 0 aromatic heterocycles. The van der Waals surface area contributed by atoms with E-state index in [1.807, 2.05) is 19.9 Å². The Morgan fingerprint density at radius 1 is 1.44 bits per heavy atom. The van der Waals surface area contributed by atoms with Gasteiger partial charge in [0.15, 0.2) is 0 Å². The van der Waals surface area contributed by atoms with Crippen LogP contribution in [-0.4, -0.2) is 18.8 Å². The molecule has 0 bridgehead atoms. The average molecular weight is 238 g/mol. The molecule has 0 fully saturated rings. The Morgan fingerprint density at radius 3 is 2.69 bits per heavy atom. The fraction of sp³-hybridized carbons (Fsp3) is 0.462. The smallest absolute Gasteiger partial charge is 0.312 e. The lowest BCUT2D eigenvalue weighted by molar-refractivity contribution is -0.149. The van der Waals surface area contributed by atoms with Gasteiger partial charge in [-0.15, -0.1) is 11.8 Å². The summed E-state index contributed by atoms with van der Waals surface area (Å²) in [5.74, 6) is 0.566. The van der Waals surface area contributed by atoms with Crippen LogP contribution in [0.15, 0.2) is 29.2 Å². The summed E-state index contributed by atoms with van der Waals surface area (Å²) in [4.78, 5) is 12.7. The largest absolute Gasteiger partial charge is 0.469 e. The second-order valence-electron chi connectivity index (χ2n) is 4.48. The fourth-order valence-corrected chi connectivity index (χ4v) is 2.39. The molecule has 16 heavy (non-hydrogen) atoms. The molecule has 0 heterocycles. The predicted molar refractivity (Wildman–Crippen MR) is 67.7 cm³/mol. The van der Waals surface area contributed by atoms with Crippen molar-refractivity contribution in [2.75, 3.05) is 12.9 Å². The van der Waals surface area contributed by atoms with Gasteiger partial charge in [-0.2, -0.15) is 0 Å². The van der Waals surface area contributed by atoms with Crippen LogP contribution in [0, 0.1) is 12.3 Å². The summed E-state index contributed by atoms with van der Waals surface area (Å²) in [6, 6.07) is 8.28. The summed E-state index contributed by atoms with van der Waals surface area (Å²) in [5.41, 5.74) is 0.796. The van der Waals surface area contributed by atoms with E-state index in [0.717, 1.165) is 5.75 Å². The fourth-order valence-electron chi connectivity index (χ4n) is 1.30. The van der Waals surface area contributed by atoms with E-state index in [2.05, 4.69) is 25.1 Å². The number of hydrogen-bond donors (Lipinski definition) is 0. The van der Waals surface area contributed by atoms with Gasteiger partial charge in [0.2, 0.25) is 0 Å². The Kier molecular flexibility index (Phi) is 4.42. The van der Waals surface area contributed by atoms with Crippen molar-refractivity contribution in [2.45, 2.75) is 25.7 Å². The van der Waals surface area contributed by atoms with Crippen LogP contribution < -0.4 is 0 Å². The molecule has 88 valence electrons. The zero-order valence-electron chi connectivity index (χ0n) is 10.2. The number of methoxy groups -OCH3 is 1. The van der Waals surface area contributed by atoms with E-state index < -0.39 is 5.41 Å². The first-order valence-electron chi connectivity index (χ1n) is 5.23. The highest BCUT2D eigenvalue weighted by molar-refractivity contribution is 7.99. The van der Waals surface area contributed by atoms with Crippen molar-refractivity contribution < 1.29 is 9.53 Å².